The molecular formula is C17H25NO3. The summed E-state index contributed by atoms with van der Waals surface area (Å²) in [7, 11) is 1.98. The zero-order valence-corrected chi connectivity index (χ0v) is 13.4. The third-order valence-electron chi connectivity index (χ3n) is 3.58. The Hall–Kier alpha value is -1.55. The van der Waals surface area contributed by atoms with Gasteiger partial charge >= 0.3 is 5.97 Å². The highest BCUT2D eigenvalue weighted by Gasteiger charge is 2.22. The highest BCUT2D eigenvalue weighted by atomic mass is 16.6. The molecule has 1 aromatic carbocycles. The van der Waals surface area contributed by atoms with Crippen LogP contribution in [0.2, 0.25) is 0 Å². The molecule has 0 spiro atoms. The van der Waals surface area contributed by atoms with Crippen LogP contribution in [0.3, 0.4) is 0 Å². The van der Waals surface area contributed by atoms with Gasteiger partial charge in [0.05, 0.1) is 0 Å². The van der Waals surface area contributed by atoms with Crippen LogP contribution in [-0.2, 0) is 16.0 Å². The Bertz CT molecular complexity index is 505. The fourth-order valence-electron chi connectivity index (χ4n) is 2.76. The number of ether oxygens (including phenoxy) is 2. The molecule has 4 heteroatoms. The van der Waals surface area contributed by atoms with E-state index in [0.717, 1.165) is 25.0 Å². The minimum atomic E-state index is -0.478. The topological polar surface area (TPSA) is 47.6 Å². The summed E-state index contributed by atoms with van der Waals surface area (Å²) >= 11 is 0. The van der Waals surface area contributed by atoms with E-state index in [4.69, 9.17) is 9.47 Å². The molecule has 0 radical (unpaired) electrons. The summed E-state index contributed by atoms with van der Waals surface area (Å²) in [5.41, 5.74) is 2.02. The average Bonchev–Trinajstić information content (AvgIpc) is 2.42. The molecule has 0 saturated carbocycles. The molecule has 4 nitrogen and oxygen atoms in total. The lowest BCUT2D eigenvalue weighted by Gasteiger charge is -2.27. The van der Waals surface area contributed by atoms with Gasteiger partial charge in [-0.3, -0.25) is 0 Å². The van der Waals surface area contributed by atoms with Crippen molar-refractivity contribution in [2.45, 2.75) is 51.7 Å². The van der Waals surface area contributed by atoms with Crippen molar-refractivity contribution in [3.05, 3.63) is 29.3 Å². The number of nitrogens with one attached hydrogen (secondary N) is 1. The van der Waals surface area contributed by atoms with Gasteiger partial charge in [0.2, 0.25) is 0 Å². The van der Waals surface area contributed by atoms with E-state index in [2.05, 4.69) is 11.4 Å². The molecule has 0 bridgehead atoms. The number of rotatable bonds is 4. The van der Waals surface area contributed by atoms with Crippen LogP contribution in [0.15, 0.2) is 18.2 Å². The van der Waals surface area contributed by atoms with Gasteiger partial charge in [-0.05, 0) is 64.3 Å². The fourth-order valence-corrected chi connectivity index (χ4v) is 2.76. The molecule has 21 heavy (non-hydrogen) atoms. The van der Waals surface area contributed by atoms with Crippen molar-refractivity contribution in [2.24, 2.45) is 0 Å². The van der Waals surface area contributed by atoms with Crippen molar-refractivity contribution in [1.82, 2.24) is 5.32 Å². The second kappa shape index (κ2) is 6.48. The second-order valence-electron chi connectivity index (χ2n) is 6.43. The zero-order chi connectivity index (χ0) is 15.5. The first-order chi connectivity index (χ1) is 9.90. The smallest absolute Gasteiger partial charge is 0.344 e. The van der Waals surface area contributed by atoms with E-state index < -0.39 is 5.60 Å². The molecule has 2 rings (SSSR count). The molecule has 1 aliphatic rings. The lowest BCUT2D eigenvalue weighted by molar-refractivity contribution is -0.157. The van der Waals surface area contributed by atoms with Crippen molar-refractivity contribution in [3.8, 4) is 5.75 Å². The summed E-state index contributed by atoms with van der Waals surface area (Å²) in [6, 6.07) is 6.43. The monoisotopic (exact) mass is 291 g/mol. The molecule has 116 valence electrons. The third-order valence-corrected chi connectivity index (χ3v) is 3.58. The van der Waals surface area contributed by atoms with E-state index >= 15 is 0 Å². The van der Waals surface area contributed by atoms with E-state index in [9.17, 15) is 4.79 Å². The maximum absolute atomic E-state index is 11.8. The minimum Gasteiger partial charge on any atom is -0.482 e. The summed E-state index contributed by atoms with van der Waals surface area (Å²) in [6.07, 6.45) is 3.27. The first kappa shape index (κ1) is 15.8. The van der Waals surface area contributed by atoms with Gasteiger partial charge < -0.3 is 14.8 Å². The van der Waals surface area contributed by atoms with Gasteiger partial charge in [0, 0.05) is 6.04 Å². The SMILES string of the molecule is CN[C@@H]1CCCc2c(OCC(=O)OC(C)(C)C)cccc21. The van der Waals surface area contributed by atoms with Crippen LogP contribution in [0, 0.1) is 0 Å². The van der Waals surface area contributed by atoms with Crippen LogP contribution >= 0.6 is 0 Å². The van der Waals surface area contributed by atoms with Crippen molar-refractivity contribution in [3.63, 3.8) is 0 Å². The van der Waals surface area contributed by atoms with Gasteiger partial charge in [-0.1, -0.05) is 12.1 Å². The Labute approximate surface area is 126 Å². The van der Waals surface area contributed by atoms with Crippen molar-refractivity contribution >= 4 is 5.97 Å². The second-order valence-corrected chi connectivity index (χ2v) is 6.43. The zero-order valence-electron chi connectivity index (χ0n) is 13.4. The summed E-state index contributed by atoms with van der Waals surface area (Å²) in [5.74, 6) is 0.472. The Morgan fingerprint density at radius 1 is 1.38 bits per heavy atom. The first-order valence-corrected chi connectivity index (χ1v) is 7.54. The Balaban J connectivity index is 2.06. The highest BCUT2D eigenvalue weighted by molar-refractivity contribution is 5.71. The maximum Gasteiger partial charge on any atom is 0.344 e. The number of fused-ring (bicyclic) bond motifs is 1. The molecular weight excluding hydrogens is 266 g/mol. The van der Waals surface area contributed by atoms with Gasteiger partial charge in [-0.15, -0.1) is 0 Å². The number of benzene rings is 1. The van der Waals surface area contributed by atoms with Crippen LogP contribution < -0.4 is 10.1 Å². The lowest BCUT2D eigenvalue weighted by Crippen LogP contribution is -2.28. The number of carbonyl (C=O) groups excluding carboxylic acids is 1. The molecule has 0 fully saturated rings. The highest BCUT2D eigenvalue weighted by Crippen LogP contribution is 2.35. The van der Waals surface area contributed by atoms with Crippen LogP contribution in [0.25, 0.3) is 0 Å². The van der Waals surface area contributed by atoms with E-state index in [1.54, 1.807) is 0 Å². The number of carbonyl (C=O) groups is 1. The summed E-state index contributed by atoms with van der Waals surface area (Å²) in [4.78, 5) is 11.8. The normalized spacial score (nSPS) is 18.0. The van der Waals surface area contributed by atoms with Crippen LogP contribution in [-0.4, -0.2) is 25.2 Å². The lowest BCUT2D eigenvalue weighted by atomic mass is 9.87. The summed E-state index contributed by atoms with van der Waals surface area (Å²) < 4.78 is 11.0. The van der Waals surface area contributed by atoms with E-state index in [1.807, 2.05) is 40.0 Å². The molecule has 1 N–H and O–H groups in total. The molecule has 1 aliphatic carbocycles. The first-order valence-electron chi connectivity index (χ1n) is 7.54. The van der Waals surface area contributed by atoms with E-state index in [1.165, 1.54) is 11.1 Å². The maximum atomic E-state index is 11.8. The Morgan fingerprint density at radius 3 is 2.81 bits per heavy atom. The summed E-state index contributed by atoms with van der Waals surface area (Å²) in [5, 5.41) is 3.34. The number of esters is 1. The Kier molecular flexibility index (Phi) is 4.88. The number of hydrogen-bond acceptors (Lipinski definition) is 4. The molecule has 0 heterocycles. The molecule has 0 saturated heterocycles. The van der Waals surface area contributed by atoms with Crippen LogP contribution in [0.4, 0.5) is 0 Å². The molecule has 1 aromatic rings. The predicted molar refractivity (Wildman–Crippen MR) is 82.5 cm³/mol. The largest absolute Gasteiger partial charge is 0.482 e. The van der Waals surface area contributed by atoms with E-state index in [0.29, 0.717) is 6.04 Å². The van der Waals surface area contributed by atoms with Crippen molar-refractivity contribution in [2.75, 3.05) is 13.7 Å². The van der Waals surface area contributed by atoms with Crippen LogP contribution in [0.1, 0.15) is 50.8 Å². The van der Waals surface area contributed by atoms with Gasteiger partial charge in [-0.25, -0.2) is 4.79 Å². The minimum absolute atomic E-state index is 0.0437. The van der Waals surface area contributed by atoms with Gasteiger partial charge in [-0.2, -0.15) is 0 Å². The van der Waals surface area contributed by atoms with Crippen molar-refractivity contribution < 1.29 is 14.3 Å². The molecule has 0 unspecified atom stereocenters. The predicted octanol–water partition coefficient (Wildman–Crippen LogP) is 3.00. The van der Waals surface area contributed by atoms with Gasteiger partial charge in [0.25, 0.3) is 0 Å². The third kappa shape index (κ3) is 4.21. The fraction of sp³-hybridized carbons (Fsp3) is 0.588. The molecule has 1 atom stereocenters. The molecule has 0 amide bonds. The Morgan fingerprint density at radius 2 is 2.14 bits per heavy atom. The summed E-state index contributed by atoms with van der Waals surface area (Å²) in [6.45, 7) is 5.52. The van der Waals surface area contributed by atoms with E-state index in [-0.39, 0.29) is 12.6 Å². The average molecular weight is 291 g/mol. The standard InChI is InChI=1S/C17H25NO3/c1-17(2,3)21-16(19)11-20-15-10-6-7-12-13(15)8-5-9-14(12)18-4/h6-7,10,14,18H,5,8-9,11H2,1-4H3/t14-/m1/s1. The van der Waals surface area contributed by atoms with Crippen molar-refractivity contribution in [1.29, 1.82) is 0 Å². The molecule has 0 aliphatic heterocycles. The quantitative estimate of drug-likeness (QED) is 0.866. The number of hydrogen-bond donors (Lipinski definition) is 1. The molecule has 0 aromatic heterocycles. The van der Waals surface area contributed by atoms with Gasteiger partial charge in [0.1, 0.15) is 11.4 Å². The van der Waals surface area contributed by atoms with Gasteiger partial charge in [0.15, 0.2) is 6.61 Å². The van der Waals surface area contributed by atoms with Crippen LogP contribution in [0.5, 0.6) is 5.75 Å².